The number of aliphatic hydroxyl groups is 1. The molecule has 1 unspecified atom stereocenters. The van der Waals surface area contributed by atoms with Crippen LogP contribution in [0.2, 0.25) is 0 Å². The molecule has 2 aromatic rings. The molecule has 1 aromatic heterocycles. The topological polar surface area (TPSA) is 65.9 Å². The van der Waals surface area contributed by atoms with Gasteiger partial charge in [-0.2, -0.15) is 0 Å². The fourth-order valence-electron chi connectivity index (χ4n) is 2.43. The zero-order valence-electron chi connectivity index (χ0n) is 16.4. The highest BCUT2D eigenvalue weighted by Crippen LogP contribution is 2.24. The van der Waals surface area contributed by atoms with Gasteiger partial charge in [-0.3, -0.25) is 0 Å². The Kier molecular flexibility index (Phi) is 10.1. The molecule has 7 heteroatoms. The van der Waals surface area contributed by atoms with Gasteiger partial charge in [0.2, 0.25) is 0 Å². The smallest absolute Gasteiger partial charge is 0.191 e. The second-order valence-corrected chi connectivity index (χ2v) is 7.56. The van der Waals surface area contributed by atoms with Crippen LogP contribution in [0.15, 0.2) is 46.8 Å². The van der Waals surface area contributed by atoms with Crippen molar-refractivity contribution >= 4 is 41.3 Å². The van der Waals surface area contributed by atoms with Gasteiger partial charge in [-0.15, -0.1) is 35.3 Å². The van der Waals surface area contributed by atoms with Gasteiger partial charge in [-0.25, -0.2) is 4.99 Å². The zero-order valence-corrected chi connectivity index (χ0v) is 19.5. The van der Waals surface area contributed by atoms with Crippen molar-refractivity contribution in [2.75, 3.05) is 13.1 Å². The van der Waals surface area contributed by atoms with Crippen molar-refractivity contribution in [2.45, 2.75) is 45.9 Å². The van der Waals surface area contributed by atoms with E-state index >= 15 is 0 Å². The quantitative estimate of drug-likeness (QED) is 0.288. The lowest BCUT2D eigenvalue weighted by molar-refractivity contribution is 0.0655. The number of hydrogen-bond acceptors (Lipinski definition) is 4. The van der Waals surface area contributed by atoms with Gasteiger partial charge in [-0.05, 0) is 56.8 Å². The normalized spacial score (nSPS) is 13.6. The highest BCUT2D eigenvalue weighted by Gasteiger charge is 2.24. The molecule has 0 fully saturated rings. The van der Waals surface area contributed by atoms with E-state index in [1.165, 1.54) is 0 Å². The minimum atomic E-state index is -0.935. The van der Waals surface area contributed by atoms with E-state index in [9.17, 15) is 5.11 Å². The summed E-state index contributed by atoms with van der Waals surface area (Å²) in [6.07, 6.45) is 0.146. The molecule has 0 bridgehead atoms. The van der Waals surface area contributed by atoms with Crippen molar-refractivity contribution in [2.24, 2.45) is 4.99 Å². The Morgan fingerprint density at radius 1 is 1.26 bits per heavy atom. The van der Waals surface area contributed by atoms with Crippen molar-refractivity contribution in [3.05, 3.63) is 52.2 Å². The van der Waals surface area contributed by atoms with Gasteiger partial charge >= 0.3 is 0 Å². The maximum Gasteiger partial charge on any atom is 0.191 e. The van der Waals surface area contributed by atoms with E-state index in [1.807, 2.05) is 69.5 Å². The summed E-state index contributed by atoms with van der Waals surface area (Å²) >= 11 is 1.55. The van der Waals surface area contributed by atoms with E-state index in [0.29, 0.717) is 19.0 Å². The summed E-state index contributed by atoms with van der Waals surface area (Å²) in [5.74, 6) is 1.53. The van der Waals surface area contributed by atoms with E-state index in [0.717, 1.165) is 22.7 Å². The third-order valence-corrected chi connectivity index (χ3v) is 4.81. The summed E-state index contributed by atoms with van der Waals surface area (Å²) in [6, 6.07) is 11.9. The SMILES string of the molecule is CCNC(=NCc1cccc(OC(C)C)c1)NCC(C)(O)c1cccs1.I. The molecule has 0 aliphatic heterocycles. The predicted octanol–water partition coefficient (Wildman–Crippen LogP) is 4.12. The molecule has 0 aliphatic carbocycles. The minimum absolute atomic E-state index is 0. The highest BCUT2D eigenvalue weighted by molar-refractivity contribution is 14.0. The van der Waals surface area contributed by atoms with Crippen molar-refractivity contribution in [3.63, 3.8) is 0 Å². The summed E-state index contributed by atoms with van der Waals surface area (Å²) in [6.45, 7) is 9.52. The average molecular weight is 503 g/mol. The number of aliphatic imine (C=N–C) groups is 1. The molecular formula is C20H30IN3O2S. The Morgan fingerprint density at radius 2 is 2.04 bits per heavy atom. The van der Waals surface area contributed by atoms with Gasteiger partial charge in [0.1, 0.15) is 11.4 Å². The van der Waals surface area contributed by atoms with Gasteiger partial charge in [0.05, 0.1) is 19.2 Å². The average Bonchev–Trinajstić information content (AvgIpc) is 3.13. The summed E-state index contributed by atoms with van der Waals surface area (Å²) < 4.78 is 5.73. The Labute approximate surface area is 183 Å². The monoisotopic (exact) mass is 503 g/mol. The first-order chi connectivity index (χ1) is 12.4. The Bertz CT molecular complexity index is 703. The molecule has 150 valence electrons. The number of hydrogen-bond donors (Lipinski definition) is 3. The van der Waals surface area contributed by atoms with Crippen LogP contribution in [0.1, 0.15) is 38.1 Å². The second kappa shape index (κ2) is 11.5. The number of nitrogens with one attached hydrogen (secondary N) is 2. The predicted molar refractivity (Wildman–Crippen MR) is 124 cm³/mol. The number of benzene rings is 1. The van der Waals surface area contributed by atoms with Gasteiger partial charge < -0.3 is 20.5 Å². The number of guanidine groups is 1. The molecule has 1 heterocycles. The number of halogens is 1. The fourth-order valence-corrected chi connectivity index (χ4v) is 3.22. The standard InChI is InChI=1S/C20H29N3O2S.HI/c1-5-21-19(23-14-20(4,24)18-10-7-11-26-18)22-13-16-8-6-9-17(12-16)25-15(2)3;/h6-12,15,24H,5,13-14H2,1-4H3,(H2,21,22,23);1H. The molecule has 1 aromatic carbocycles. The minimum Gasteiger partial charge on any atom is -0.491 e. The summed E-state index contributed by atoms with van der Waals surface area (Å²) in [7, 11) is 0. The molecule has 2 rings (SSSR count). The van der Waals surface area contributed by atoms with Crippen molar-refractivity contribution in [3.8, 4) is 5.75 Å². The molecule has 0 amide bonds. The lowest BCUT2D eigenvalue weighted by Gasteiger charge is -2.23. The van der Waals surface area contributed by atoms with Gasteiger partial charge in [-0.1, -0.05) is 18.2 Å². The van der Waals surface area contributed by atoms with Crippen LogP contribution in [0.4, 0.5) is 0 Å². The van der Waals surface area contributed by atoms with E-state index in [2.05, 4.69) is 15.6 Å². The number of ether oxygens (including phenoxy) is 1. The molecule has 0 radical (unpaired) electrons. The van der Waals surface area contributed by atoms with E-state index in [1.54, 1.807) is 11.3 Å². The molecule has 0 spiro atoms. The maximum absolute atomic E-state index is 10.6. The van der Waals surface area contributed by atoms with Crippen molar-refractivity contribution in [1.29, 1.82) is 0 Å². The van der Waals surface area contributed by atoms with Gasteiger partial charge in [0, 0.05) is 11.4 Å². The third-order valence-electron chi connectivity index (χ3n) is 3.69. The van der Waals surface area contributed by atoms with Crippen LogP contribution in [-0.4, -0.2) is 30.3 Å². The van der Waals surface area contributed by atoms with Gasteiger partial charge in [0.25, 0.3) is 0 Å². The lowest BCUT2D eigenvalue weighted by Crippen LogP contribution is -2.44. The molecule has 0 saturated heterocycles. The second-order valence-electron chi connectivity index (χ2n) is 6.61. The number of thiophene rings is 1. The van der Waals surface area contributed by atoms with Crippen LogP contribution < -0.4 is 15.4 Å². The van der Waals surface area contributed by atoms with Crippen LogP contribution >= 0.6 is 35.3 Å². The summed E-state index contributed by atoms with van der Waals surface area (Å²) in [4.78, 5) is 5.55. The van der Waals surface area contributed by atoms with Crippen molar-refractivity contribution < 1.29 is 9.84 Å². The Morgan fingerprint density at radius 3 is 2.67 bits per heavy atom. The van der Waals surface area contributed by atoms with Gasteiger partial charge in [0.15, 0.2) is 5.96 Å². The first-order valence-electron chi connectivity index (χ1n) is 8.95. The highest BCUT2D eigenvalue weighted by atomic mass is 127. The van der Waals surface area contributed by atoms with Crippen LogP contribution in [-0.2, 0) is 12.1 Å². The Hall–Kier alpha value is -1.32. The fraction of sp³-hybridized carbons (Fsp3) is 0.450. The first kappa shape index (κ1) is 23.7. The van der Waals surface area contributed by atoms with Crippen LogP contribution in [0.5, 0.6) is 5.75 Å². The first-order valence-corrected chi connectivity index (χ1v) is 9.83. The zero-order chi connectivity index (χ0) is 19.0. The van der Waals surface area contributed by atoms with Crippen LogP contribution in [0.3, 0.4) is 0 Å². The molecular weight excluding hydrogens is 473 g/mol. The van der Waals surface area contributed by atoms with E-state index < -0.39 is 5.60 Å². The van der Waals surface area contributed by atoms with Crippen molar-refractivity contribution in [1.82, 2.24) is 10.6 Å². The molecule has 0 aliphatic rings. The van der Waals surface area contributed by atoms with Crippen LogP contribution in [0.25, 0.3) is 0 Å². The molecule has 0 saturated carbocycles. The van der Waals surface area contributed by atoms with Crippen LogP contribution in [0, 0.1) is 0 Å². The molecule has 27 heavy (non-hydrogen) atoms. The summed E-state index contributed by atoms with van der Waals surface area (Å²) in [5, 5.41) is 19.1. The third kappa shape index (κ3) is 8.06. The number of rotatable bonds is 8. The van der Waals surface area contributed by atoms with E-state index in [4.69, 9.17) is 4.74 Å². The molecule has 3 N–H and O–H groups in total. The molecule has 5 nitrogen and oxygen atoms in total. The lowest BCUT2D eigenvalue weighted by atomic mass is 10.1. The number of nitrogens with zero attached hydrogens (tertiary/aromatic N) is 1. The maximum atomic E-state index is 10.6. The summed E-state index contributed by atoms with van der Waals surface area (Å²) in [5.41, 5.74) is 0.139. The van der Waals surface area contributed by atoms with E-state index in [-0.39, 0.29) is 30.1 Å². The molecule has 1 atom stereocenters. The Balaban J connectivity index is 0.00000364. The largest absolute Gasteiger partial charge is 0.491 e.